The first-order chi connectivity index (χ1) is 10.2. The second-order valence-electron chi connectivity index (χ2n) is 5.69. The van der Waals surface area contributed by atoms with Crippen LogP contribution < -0.4 is 10.1 Å². The van der Waals surface area contributed by atoms with Gasteiger partial charge < -0.3 is 15.0 Å². The summed E-state index contributed by atoms with van der Waals surface area (Å²) in [5.41, 5.74) is 1.18. The molecule has 1 saturated heterocycles. The number of hydrogen-bond acceptors (Lipinski definition) is 3. The van der Waals surface area contributed by atoms with Crippen molar-refractivity contribution < 1.29 is 9.53 Å². The van der Waals surface area contributed by atoms with Crippen LogP contribution in [0.2, 0.25) is 0 Å². The highest BCUT2D eigenvalue weighted by atomic mass is 16.5. The molecule has 0 bridgehead atoms. The highest BCUT2D eigenvalue weighted by Gasteiger charge is 2.20. The zero-order valence-corrected chi connectivity index (χ0v) is 13.1. The summed E-state index contributed by atoms with van der Waals surface area (Å²) in [6.07, 6.45) is 4.69. The molecule has 0 aromatic heterocycles. The van der Waals surface area contributed by atoms with E-state index in [9.17, 15) is 4.79 Å². The molecule has 1 heterocycles. The molecule has 1 amide bonds. The number of methoxy groups -OCH3 is 1. The van der Waals surface area contributed by atoms with E-state index < -0.39 is 0 Å². The summed E-state index contributed by atoms with van der Waals surface area (Å²) in [7, 11) is 3.61. The van der Waals surface area contributed by atoms with Gasteiger partial charge in [0, 0.05) is 19.5 Å². The van der Waals surface area contributed by atoms with Crippen molar-refractivity contribution >= 4 is 5.91 Å². The molecule has 116 valence electrons. The molecule has 0 saturated carbocycles. The number of nitrogens with one attached hydrogen (secondary N) is 1. The SMILES string of the molecule is COc1ccc(CCC(=O)N(C)C2CCCNCC2)cc1. The summed E-state index contributed by atoms with van der Waals surface area (Å²) in [5.74, 6) is 1.10. The van der Waals surface area contributed by atoms with Crippen LogP contribution in [0.4, 0.5) is 0 Å². The number of ether oxygens (including phenoxy) is 1. The quantitative estimate of drug-likeness (QED) is 0.904. The third-order valence-corrected chi connectivity index (χ3v) is 4.27. The van der Waals surface area contributed by atoms with Crippen molar-refractivity contribution in [2.45, 2.75) is 38.1 Å². The highest BCUT2D eigenvalue weighted by Crippen LogP contribution is 2.15. The van der Waals surface area contributed by atoms with E-state index >= 15 is 0 Å². The number of carbonyl (C=O) groups is 1. The molecule has 1 aliphatic heterocycles. The monoisotopic (exact) mass is 290 g/mol. The smallest absolute Gasteiger partial charge is 0.222 e. The highest BCUT2D eigenvalue weighted by molar-refractivity contribution is 5.76. The molecule has 1 atom stereocenters. The standard InChI is InChI=1S/C17H26N2O2/c1-19(15-4-3-12-18-13-11-15)17(20)10-7-14-5-8-16(21-2)9-6-14/h5-6,8-9,15,18H,3-4,7,10-13H2,1-2H3. The van der Waals surface area contributed by atoms with Gasteiger partial charge in [-0.3, -0.25) is 4.79 Å². The average molecular weight is 290 g/mol. The Hall–Kier alpha value is -1.55. The van der Waals surface area contributed by atoms with E-state index in [1.807, 2.05) is 36.2 Å². The van der Waals surface area contributed by atoms with Crippen LogP contribution in [-0.2, 0) is 11.2 Å². The Morgan fingerprint density at radius 3 is 2.76 bits per heavy atom. The second-order valence-corrected chi connectivity index (χ2v) is 5.69. The molecule has 1 aromatic carbocycles. The largest absolute Gasteiger partial charge is 0.497 e. The average Bonchev–Trinajstić information content (AvgIpc) is 2.81. The molecule has 1 unspecified atom stereocenters. The Bertz CT molecular complexity index is 437. The van der Waals surface area contributed by atoms with E-state index in [0.29, 0.717) is 12.5 Å². The molecule has 1 N–H and O–H groups in total. The Labute approximate surface area is 127 Å². The van der Waals surface area contributed by atoms with Crippen molar-refractivity contribution in [3.63, 3.8) is 0 Å². The summed E-state index contributed by atoms with van der Waals surface area (Å²) in [6.45, 7) is 2.09. The van der Waals surface area contributed by atoms with E-state index in [1.165, 1.54) is 5.56 Å². The number of benzene rings is 1. The Morgan fingerprint density at radius 1 is 1.29 bits per heavy atom. The fourth-order valence-corrected chi connectivity index (χ4v) is 2.81. The van der Waals surface area contributed by atoms with Crippen LogP contribution in [0.25, 0.3) is 0 Å². The lowest BCUT2D eigenvalue weighted by molar-refractivity contribution is -0.132. The number of rotatable bonds is 5. The second kappa shape index (κ2) is 8.03. The minimum atomic E-state index is 0.248. The summed E-state index contributed by atoms with van der Waals surface area (Å²) in [4.78, 5) is 14.3. The lowest BCUT2D eigenvalue weighted by atomic mass is 10.1. The van der Waals surface area contributed by atoms with Gasteiger partial charge in [-0.1, -0.05) is 12.1 Å². The Balaban J connectivity index is 1.82. The van der Waals surface area contributed by atoms with Gasteiger partial charge in [-0.05, 0) is 56.5 Å². The van der Waals surface area contributed by atoms with Gasteiger partial charge in [0.15, 0.2) is 0 Å². The topological polar surface area (TPSA) is 41.6 Å². The normalized spacial score (nSPS) is 18.9. The number of amides is 1. The maximum absolute atomic E-state index is 12.3. The van der Waals surface area contributed by atoms with Crippen LogP contribution in [0.5, 0.6) is 5.75 Å². The van der Waals surface area contributed by atoms with Gasteiger partial charge in [0.05, 0.1) is 7.11 Å². The molecule has 2 rings (SSSR count). The van der Waals surface area contributed by atoms with Crippen LogP contribution in [0, 0.1) is 0 Å². The molecule has 1 aliphatic rings. The van der Waals surface area contributed by atoms with Gasteiger partial charge in [-0.2, -0.15) is 0 Å². The van der Waals surface area contributed by atoms with Crippen LogP contribution in [0.15, 0.2) is 24.3 Å². The maximum atomic E-state index is 12.3. The fourth-order valence-electron chi connectivity index (χ4n) is 2.81. The van der Waals surface area contributed by atoms with Gasteiger partial charge in [0.1, 0.15) is 5.75 Å². The van der Waals surface area contributed by atoms with E-state index in [0.717, 1.165) is 44.5 Å². The van der Waals surface area contributed by atoms with Crippen molar-refractivity contribution in [1.29, 1.82) is 0 Å². The third kappa shape index (κ3) is 4.74. The molecule has 4 heteroatoms. The van der Waals surface area contributed by atoms with Gasteiger partial charge in [-0.15, -0.1) is 0 Å². The van der Waals surface area contributed by atoms with Crippen LogP contribution >= 0.6 is 0 Å². The summed E-state index contributed by atoms with van der Waals surface area (Å²) >= 11 is 0. The summed E-state index contributed by atoms with van der Waals surface area (Å²) in [6, 6.07) is 8.34. The summed E-state index contributed by atoms with van der Waals surface area (Å²) in [5, 5.41) is 3.39. The number of hydrogen-bond donors (Lipinski definition) is 1. The molecule has 0 aliphatic carbocycles. The van der Waals surface area contributed by atoms with Gasteiger partial charge >= 0.3 is 0 Å². The van der Waals surface area contributed by atoms with E-state index in [4.69, 9.17) is 4.74 Å². The first-order valence-corrected chi connectivity index (χ1v) is 7.80. The molecular formula is C17H26N2O2. The fraction of sp³-hybridized carbons (Fsp3) is 0.588. The maximum Gasteiger partial charge on any atom is 0.222 e. The Kier molecular flexibility index (Phi) is 6.05. The van der Waals surface area contributed by atoms with Crippen LogP contribution in [-0.4, -0.2) is 44.1 Å². The number of aryl methyl sites for hydroxylation is 1. The van der Waals surface area contributed by atoms with E-state index in [1.54, 1.807) is 7.11 Å². The lowest BCUT2D eigenvalue weighted by Gasteiger charge is -2.27. The minimum Gasteiger partial charge on any atom is -0.497 e. The first kappa shape index (κ1) is 15.8. The predicted octanol–water partition coefficient (Wildman–Crippen LogP) is 2.23. The zero-order valence-electron chi connectivity index (χ0n) is 13.1. The van der Waals surface area contributed by atoms with Crippen LogP contribution in [0.3, 0.4) is 0 Å². The molecule has 0 spiro atoms. The van der Waals surface area contributed by atoms with Crippen LogP contribution in [0.1, 0.15) is 31.2 Å². The molecule has 4 nitrogen and oxygen atoms in total. The van der Waals surface area contributed by atoms with Crippen molar-refractivity contribution in [2.24, 2.45) is 0 Å². The molecular weight excluding hydrogens is 264 g/mol. The molecule has 1 aromatic rings. The third-order valence-electron chi connectivity index (χ3n) is 4.27. The van der Waals surface area contributed by atoms with Gasteiger partial charge in [0.2, 0.25) is 5.91 Å². The predicted molar refractivity (Wildman–Crippen MR) is 84.6 cm³/mol. The Morgan fingerprint density at radius 2 is 2.05 bits per heavy atom. The van der Waals surface area contributed by atoms with Crippen molar-refractivity contribution in [2.75, 3.05) is 27.2 Å². The molecule has 1 fully saturated rings. The molecule has 0 radical (unpaired) electrons. The number of nitrogens with zero attached hydrogens (tertiary/aromatic N) is 1. The van der Waals surface area contributed by atoms with E-state index in [-0.39, 0.29) is 5.91 Å². The van der Waals surface area contributed by atoms with E-state index in [2.05, 4.69) is 5.32 Å². The van der Waals surface area contributed by atoms with Crippen molar-refractivity contribution in [3.8, 4) is 5.75 Å². The summed E-state index contributed by atoms with van der Waals surface area (Å²) < 4.78 is 5.14. The number of carbonyl (C=O) groups excluding carboxylic acids is 1. The zero-order chi connectivity index (χ0) is 15.1. The minimum absolute atomic E-state index is 0.248. The van der Waals surface area contributed by atoms with Crippen molar-refractivity contribution in [3.05, 3.63) is 29.8 Å². The molecule has 21 heavy (non-hydrogen) atoms. The lowest BCUT2D eigenvalue weighted by Crippen LogP contribution is -2.37. The first-order valence-electron chi connectivity index (χ1n) is 7.80. The van der Waals surface area contributed by atoms with Gasteiger partial charge in [-0.25, -0.2) is 0 Å². The van der Waals surface area contributed by atoms with Crippen molar-refractivity contribution in [1.82, 2.24) is 10.2 Å². The van der Waals surface area contributed by atoms with Gasteiger partial charge in [0.25, 0.3) is 0 Å².